The summed E-state index contributed by atoms with van der Waals surface area (Å²) in [6, 6.07) is 23.6. The average molecular weight is 440 g/mol. The van der Waals surface area contributed by atoms with Gasteiger partial charge >= 0.3 is 0 Å². The summed E-state index contributed by atoms with van der Waals surface area (Å²) < 4.78 is 2.11. The fraction of sp³-hybridized carbons (Fsp3) is 0.111. The van der Waals surface area contributed by atoms with E-state index in [1.54, 1.807) is 6.08 Å². The number of halogens is 1. The molecule has 1 heterocycles. The number of rotatable bonds is 5. The molecule has 0 fully saturated rings. The number of carbonyl (C=O) groups is 1. The Balaban J connectivity index is 1.68. The van der Waals surface area contributed by atoms with Crippen LogP contribution in [0.4, 0.5) is 5.69 Å². The fourth-order valence-electron chi connectivity index (χ4n) is 3.67. The van der Waals surface area contributed by atoms with E-state index in [0.29, 0.717) is 17.3 Å². The third kappa shape index (κ3) is 4.59. The molecule has 1 aromatic heterocycles. The standard InChI is InChI=1S/C27H22ClN3O/c1-18-7-8-19(2)25(13-18)30-27(32)21(15-29)14-22-17-31(26-6-4-3-5-24(22)26)16-20-9-11-23(28)12-10-20/h3-14,17H,16H2,1-2H3,(H,30,32). The summed E-state index contributed by atoms with van der Waals surface area (Å²) >= 11 is 6.01. The van der Waals surface area contributed by atoms with Gasteiger partial charge in [0.25, 0.3) is 5.91 Å². The van der Waals surface area contributed by atoms with Crippen LogP contribution in [0.25, 0.3) is 17.0 Å². The summed E-state index contributed by atoms with van der Waals surface area (Å²) in [5.74, 6) is -0.421. The van der Waals surface area contributed by atoms with Gasteiger partial charge in [0.1, 0.15) is 11.6 Å². The summed E-state index contributed by atoms with van der Waals surface area (Å²) in [5.41, 5.74) is 5.71. The first-order valence-corrected chi connectivity index (χ1v) is 10.6. The lowest BCUT2D eigenvalue weighted by atomic mass is 10.1. The van der Waals surface area contributed by atoms with Gasteiger partial charge in [-0.1, -0.05) is 54.1 Å². The topological polar surface area (TPSA) is 57.8 Å². The number of nitrogens with zero attached hydrogens (tertiary/aromatic N) is 2. The van der Waals surface area contributed by atoms with E-state index in [1.807, 2.05) is 86.8 Å². The van der Waals surface area contributed by atoms with Crippen LogP contribution in [0.5, 0.6) is 0 Å². The Bertz CT molecular complexity index is 1370. The van der Waals surface area contributed by atoms with E-state index < -0.39 is 5.91 Å². The van der Waals surface area contributed by atoms with Gasteiger partial charge < -0.3 is 9.88 Å². The number of hydrogen-bond donors (Lipinski definition) is 1. The van der Waals surface area contributed by atoms with Crippen molar-refractivity contribution in [2.75, 3.05) is 5.32 Å². The third-order valence-electron chi connectivity index (χ3n) is 5.39. The van der Waals surface area contributed by atoms with Gasteiger partial charge in [0, 0.05) is 39.9 Å². The fourth-order valence-corrected chi connectivity index (χ4v) is 3.80. The van der Waals surface area contributed by atoms with Crippen molar-refractivity contribution in [3.63, 3.8) is 0 Å². The molecule has 0 radical (unpaired) electrons. The number of aryl methyl sites for hydroxylation is 2. The van der Waals surface area contributed by atoms with Crippen LogP contribution in [-0.2, 0) is 11.3 Å². The van der Waals surface area contributed by atoms with Crippen molar-refractivity contribution in [1.29, 1.82) is 5.26 Å². The van der Waals surface area contributed by atoms with Crippen molar-refractivity contribution in [2.24, 2.45) is 0 Å². The molecular formula is C27H22ClN3O. The first-order chi connectivity index (χ1) is 15.4. The van der Waals surface area contributed by atoms with Crippen molar-refractivity contribution in [3.8, 4) is 6.07 Å². The SMILES string of the molecule is Cc1ccc(C)c(NC(=O)C(C#N)=Cc2cn(Cc3ccc(Cl)cc3)c3ccccc23)c1. The van der Waals surface area contributed by atoms with Gasteiger partial charge in [-0.2, -0.15) is 5.26 Å². The number of nitrogens with one attached hydrogen (secondary N) is 1. The van der Waals surface area contributed by atoms with E-state index in [0.717, 1.165) is 33.2 Å². The highest BCUT2D eigenvalue weighted by Gasteiger charge is 2.14. The number of carbonyl (C=O) groups excluding carboxylic acids is 1. The lowest BCUT2D eigenvalue weighted by Crippen LogP contribution is -2.14. The van der Waals surface area contributed by atoms with Gasteiger partial charge in [-0.15, -0.1) is 0 Å². The number of aromatic nitrogens is 1. The van der Waals surface area contributed by atoms with E-state index in [2.05, 4.69) is 16.0 Å². The van der Waals surface area contributed by atoms with Crippen molar-refractivity contribution in [1.82, 2.24) is 4.57 Å². The maximum atomic E-state index is 12.9. The Labute approximate surface area is 192 Å². The molecule has 32 heavy (non-hydrogen) atoms. The van der Waals surface area contributed by atoms with Gasteiger partial charge in [0.15, 0.2) is 0 Å². The number of fused-ring (bicyclic) bond motifs is 1. The van der Waals surface area contributed by atoms with Gasteiger partial charge in [0.2, 0.25) is 0 Å². The molecule has 0 aliphatic carbocycles. The van der Waals surface area contributed by atoms with Crippen molar-refractivity contribution in [2.45, 2.75) is 20.4 Å². The van der Waals surface area contributed by atoms with E-state index in [9.17, 15) is 10.1 Å². The van der Waals surface area contributed by atoms with Crippen molar-refractivity contribution in [3.05, 3.63) is 106 Å². The predicted octanol–water partition coefficient (Wildman–Crippen LogP) is 6.51. The second kappa shape index (κ2) is 9.13. The van der Waals surface area contributed by atoms with E-state index >= 15 is 0 Å². The molecule has 4 nitrogen and oxygen atoms in total. The molecule has 0 unspecified atom stereocenters. The van der Waals surface area contributed by atoms with Crippen molar-refractivity contribution >= 4 is 40.2 Å². The molecule has 5 heteroatoms. The number of benzene rings is 3. The molecule has 0 saturated carbocycles. The Kier molecular flexibility index (Phi) is 6.11. The highest BCUT2D eigenvalue weighted by Crippen LogP contribution is 2.25. The molecule has 0 atom stereocenters. The van der Waals surface area contributed by atoms with E-state index in [4.69, 9.17) is 11.6 Å². The summed E-state index contributed by atoms with van der Waals surface area (Å²) in [7, 11) is 0. The zero-order valence-electron chi connectivity index (χ0n) is 17.9. The molecule has 0 aliphatic heterocycles. The zero-order chi connectivity index (χ0) is 22.7. The minimum atomic E-state index is -0.421. The maximum absolute atomic E-state index is 12.9. The molecule has 4 rings (SSSR count). The highest BCUT2D eigenvalue weighted by atomic mass is 35.5. The Morgan fingerprint density at radius 2 is 1.84 bits per heavy atom. The molecule has 0 spiro atoms. The predicted molar refractivity (Wildman–Crippen MR) is 131 cm³/mol. The average Bonchev–Trinajstić information content (AvgIpc) is 3.13. The van der Waals surface area contributed by atoms with Crippen LogP contribution in [0.1, 0.15) is 22.3 Å². The zero-order valence-corrected chi connectivity index (χ0v) is 18.6. The molecule has 0 bridgehead atoms. The molecule has 158 valence electrons. The number of amides is 1. The first-order valence-electron chi connectivity index (χ1n) is 10.3. The largest absolute Gasteiger partial charge is 0.342 e. The number of hydrogen-bond acceptors (Lipinski definition) is 2. The minimum absolute atomic E-state index is 0.0558. The van der Waals surface area contributed by atoms with Gasteiger partial charge in [-0.3, -0.25) is 4.79 Å². The summed E-state index contributed by atoms with van der Waals surface area (Å²) in [6.07, 6.45) is 3.63. The lowest BCUT2D eigenvalue weighted by Gasteiger charge is -2.08. The van der Waals surface area contributed by atoms with E-state index in [1.165, 1.54) is 0 Å². The highest BCUT2D eigenvalue weighted by molar-refractivity contribution is 6.30. The second-order valence-corrected chi connectivity index (χ2v) is 8.23. The number of nitriles is 1. The molecule has 0 saturated heterocycles. The normalized spacial score (nSPS) is 11.4. The monoisotopic (exact) mass is 439 g/mol. The molecular weight excluding hydrogens is 418 g/mol. The van der Waals surface area contributed by atoms with E-state index in [-0.39, 0.29) is 5.57 Å². The van der Waals surface area contributed by atoms with Crippen LogP contribution >= 0.6 is 11.6 Å². The Morgan fingerprint density at radius 3 is 2.59 bits per heavy atom. The lowest BCUT2D eigenvalue weighted by molar-refractivity contribution is -0.112. The Morgan fingerprint density at radius 1 is 1.09 bits per heavy atom. The van der Waals surface area contributed by atoms with Gasteiger partial charge in [0.05, 0.1) is 0 Å². The molecule has 3 aromatic carbocycles. The minimum Gasteiger partial charge on any atom is -0.342 e. The summed E-state index contributed by atoms with van der Waals surface area (Å²) in [5, 5.41) is 14.3. The third-order valence-corrected chi connectivity index (χ3v) is 5.64. The van der Waals surface area contributed by atoms with Crippen LogP contribution in [0.2, 0.25) is 5.02 Å². The second-order valence-electron chi connectivity index (χ2n) is 7.80. The van der Waals surface area contributed by atoms with Gasteiger partial charge in [-0.25, -0.2) is 0 Å². The number of anilines is 1. The quantitative estimate of drug-likeness (QED) is 0.285. The van der Waals surface area contributed by atoms with Crippen molar-refractivity contribution < 1.29 is 4.79 Å². The van der Waals surface area contributed by atoms with Gasteiger partial charge in [-0.05, 0) is 60.9 Å². The summed E-state index contributed by atoms with van der Waals surface area (Å²) in [4.78, 5) is 12.9. The van der Waals surface area contributed by atoms with Crippen LogP contribution in [-0.4, -0.2) is 10.5 Å². The molecule has 0 aliphatic rings. The summed E-state index contributed by atoms with van der Waals surface area (Å²) in [6.45, 7) is 4.54. The number of para-hydroxylation sites is 1. The molecule has 1 N–H and O–H groups in total. The first kappa shape index (κ1) is 21.4. The van der Waals surface area contributed by atoms with Crippen LogP contribution < -0.4 is 5.32 Å². The molecule has 4 aromatic rings. The maximum Gasteiger partial charge on any atom is 0.266 e. The van der Waals surface area contributed by atoms with Crippen LogP contribution in [0.3, 0.4) is 0 Å². The van der Waals surface area contributed by atoms with Crippen LogP contribution in [0, 0.1) is 25.2 Å². The van der Waals surface area contributed by atoms with Crippen LogP contribution in [0.15, 0.2) is 78.5 Å². The smallest absolute Gasteiger partial charge is 0.266 e. The Hall–Kier alpha value is -3.81. The molecule has 1 amide bonds.